The number of rotatable bonds is 2. The molecule has 0 heterocycles. The highest BCUT2D eigenvalue weighted by atomic mass is 16.3. The normalized spacial score (nSPS) is 16.6. The Morgan fingerprint density at radius 2 is 1.55 bits per heavy atom. The fourth-order valence-corrected chi connectivity index (χ4v) is 1.27. The number of aliphatic hydroxyl groups excluding tert-OH is 1. The van der Waals surface area contributed by atoms with E-state index in [1.165, 1.54) is 0 Å². The van der Waals surface area contributed by atoms with Gasteiger partial charge in [-0.15, -0.1) is 0 Å². The van der Waals surface area contributed by atoms with E-state index >= 15 is 0 Å². The van der Waals surface area contributed by atoms with E-state index < -0.39 is 6.10 Å². The lowest BCUT2D eigenvalue weighted by Crippen LogP contribution is -2.42. The molecule has 0 aliphatic carbocycles. The molecule has 0 amide bonds. The van der Waals surface area contributed by atoms with Crippen molar-refractivity contribution in [3.05, 3.63) is 0 Å². The predicted octanol–water partition coefficient (Wildman–Crippen LogP) is 1.14. The lowest BCUT2D eigenvalue weighted by Gasteiger charge is -2.35. The number of hydrogen-bond donors (Lipinski definition) is 1. The van der Waals surface area contributed by atoms with Crippen LogP contribution in [-0.4, -0.2) is 22.9 Å². The van der Waals surface area contributed by atoms with Crippen LogP contribution in [0.2, 0.25) is 0 Å². The molecule has 2 heteroatoms. The van der Waals surface area contributed by atoms with Crippen molar-refractivity contribution in [2.75, 3.05) is 6.61 Å². The van der Waals surface area contributed by atoms with Crippen molar-refractivity contribution < 1.29 is 10.2 Å². The van der Waals surface area contributed by atoms with Gasteiger partial charge in [-0.05, 0) is 5.41 Å². The monoisotopic (exact) mass is 161 g/mol. The van der Waals surface area contributed by atoms with E-state index in [-0.39, 0.29) is 17.4 Å². The summed E-state index contributed by atoms with van der Waals surface area (Å²) in [4.78, 5) is 0. The fraction of sp³-hybridized carbons (Fsp3) is 1.00. The molecule has 0 spiro atoms. The smallest absolute Gasteiger partial charge is 0.151 e. The Hall–Kier alpha value is -0.0800. The highest BCUT2D eigenvalue weighted by Crippen LogP contribution is 2.32. The maximum Gasteiger partial charge on any atom is 0.151 e. The topological polar surface area (TPSA) is 43.1 Å². The Labute approximate surface area is 69.2 Å². The molecule has 0 radical (unpaired) electrons. The van der Waals surface area contributed by atoms with E-state index in [0.717, 1.165) is 0 Å². The highest BCUT2D eigenvalue weighted by molar-refractivity contribution is 4.85. The minimum Gasteiger partial charge on any atom is -0.445 e. The third-order valence-corrected chi connectivity index (χ3v) is 2.02. The van der Waals surface area contributed by atoms with Gasteiger partial charge < -0.3 is 10.2 Å². The van der Waals surface area contributed by atoms with E-state index in [9.17, 15) is 5.11 Å². The Bertz CT molecular complexity index is 122. The van der Waals surface area contributed by atoms with Crippen LogP contribution in [-0.2, 0) is 0 Å². The molecule has 0 saturated carbocycles. The van der Waals surface area contributed by atoms with Crippen molar-refractivity contribution >= 4 is 0 Å². The van der Waals surface area contributed by atoms with Crippen LogP contribution >= 0.6 is 0 Å². The van der Waals surface area contributed by atoms with Gasteiger partial charge in [0, 0.05) is 0 Å². The second-order valence-electron chi connectivity index (χ2n) is 4.93. The van der Waals surface area contributed by atoms with E-state index in [0.29, 0.717) is 0 Å². The summed E-state index contributed by atoms with van der Waals surface area (Å²) in [5.41, 5.74) is -0.414. The van der Waals surface area contributed by atoms with Gasteiger partial charge in [0.05, 0.1) is 11.5 Å². The summed E-state index contributed by atoms with van der Waals surface area (Å²) in [6, 6.07) is 0. The first kappa shape index (κ1) is 10.9. The Kier molecular flexibility index (Phi) is 3.09. The zero-order valence-corrected chi connectivity index (χ0v) is 8.23. The molecule has 0 aromatic rings. The second kappa shape index (κ2) is 3.11. The first-order valence-corrected chi connectivity index (χ1v) is 4.04. The van der Waals surface area contributed by atoms with Gasteiger partial charge in [0.15, 0.2) is 6.61 Å². The molecule has 0 saturated heterocycles. The average molecular weight is 161 g/mol. The average Bonchev–Trinajstić information content (AvgIpc) is 1.84. The zero-order valence-electron chi connectivity index (χ0n) is 8.23. The highest BCUT2D eigenvalue weighted by Gasteiger charge is 2.37. The van der Waals surface area contributed by atoms with E-state index in [4.69, 9.17) is 5.11 Å². The molecule has 11 heavy (non-hydrogen) atoms. The molecule has 68 valence electrons. The molecule has 1 atom stereocenters. The molecule has 0 aliphatic rings. The molecular weight excluding hydrogens is 140 g/mol. The molecule has 0 aromatic carbocycles. The Balaban J connectivity index is 4.35. The minimum absolute atomic E-state index is 0.120. The molecule has 0 aromatic heterocycles. The SMILES string of the molecule is CC(C)(C)C(O)C(C)(C)C[OH2+]. The fourth-order valence-electron chi connectivity index (χ4n) is 1.27. The van der Waals surface area contributed by atoms with Crippen LogP contribution in [0, 0.1) is 10.8 Å². The third-order valence-electron chi connectivity index (χ3n) is 2.02. The lowest BCUT2D eigenvalue weighted by molar-refractivity contribution is -0.0571. The quantitative estimate of drug-likeness (QED) is 0.606. The molecule has 2 nitrogen and oxygen atoms in total. The van der Waals surface area contributed by atoms with Crippen LogP contribution < -0.4 is 0 Å². The van der Waals surface area contributed by atoms with Gasteiger partial charge in [0.25, 0.3) is 0 Å². The molecule has 0 rings (SSSR count). The largest absolute Gasteiger partial charge is 0.445 e. The van der Waals surface area contributed by atoms with Gasteiger partial charge >= 0.3 is 0 Å². The van der Waals surface area contributed by atoms with Gasteiger partial charge in [-0.3, -0.25) is 0 Å². The van der Waals surface area contributed by atoms with E-state index in [2.05, 4.69) is 0 Å². The predicted molar refractivity (Wildman–Crippen MR) is 47.7 cm³/mol. The van der Waals surface area contributed by atoms with Crippen molar-refractivity contribution in [2.45, 2.75) is 40.7 Å². The molecule has 0 fully saturated rings. The van der Waals surface area contributed by atoms with Crippen LogP contribution in [0.4, 0.5) is 0 Å². The molecule has 0 aliphatic heterocycles. The van der Waals surface area contributed by atoms with Gasteiger partial charge in [0.2, 0.25) is 0 Å². The Morgan fingerprint density at radius 3 is 1.64 bits per heavy atom. The van der Waals surface area contributed by atoms with Crippen molar-refractivity contribution in [3.63, 3.8) is 0 Å². The van der Waals surface area contributed by atoms with Crippen molar-refractivity contribution in [1.82, 2.24) is 0 Å². The van der Waals surface area contributed by atoms with E-state index in [1.807, 2.05) is 34.6 Å². The second-order valence-corrected chi connectivity index (χ2v) is 4.93. The number of hydrogen-bond acceptors (Lipinski definition) is 1. The van der Waals surface area contributed by atoms with Crippen molar-refractivity contribution in [2.24, 2.45) is 10.8 Å². The summed E-state index contributed by atoms with van der Waals surface area (Å²) >= 11 is 0. The van der Waals surface area contributed by atoms with Crippen molar-refractivity contribution in [3.8, 4) is 0 Å². The summed E-state index contributed by atoms with van der Waals surface area (Å²) in [7, 11) is 0. The summed E-state index contributed by atoms with van der Waals surface area (Å²) in [5, 5.41) is 17.0. The van der Waals surface area contributed by atoms with Crippen LogP contribution in [0.15, 0.2) is 0 Å². The minimum atomic E-state index is -0.410. The van der Waals surface area contributed by atoms with Crippen LogP contribution in [0.5, 0.6) is 0 Å². The van der Waals surface area contributed by atoms with Gasteiger partial charge in [-0.1, -0.05) is 34.6 Å². The summed E-state index contributed by atoms with van der Waals surface area (Å²) < 4.78 is 0. The number of aliphatic hydroxyl groups is 1. The van der Waals surface area contributed by atoms with Crippen LogP contribution in [0.1, 0.15) is 34.6 Å². The van der Waals surface area contributed by atoms with Crippen LogP contribution in [0.3, 0.4) is 0 Å². The molecule has 1 unspecified atom stereocenters. The standard InChI is InChI=1S/C9H20O2/c1-8(2,3)7(11)9(4,5)6-10/h7,10-11H,6H2,1-5H3/p+1. The first-order chi connectivity index (χ1) is 4.72. The maximum atomic E-state index is 9.79. The summed E-state index contributed by atoms with van der Waals surface area (Å²) in [6.07, 6.45) is -0.410. The maximum absolute atomic E-state index is 9.79. The van der Waals surface area contributed by atoms with Crippen molar-refractivity contribution in [1.29, 1.82) is 0 Å². The van der Waals surface area contributed by atoms with Gasteiger partial charge in [0.1, 0.15) is 0 Å². The Morgan fingerprint density at radius 1 is 1.18 bits per heavy atom. The first-order valence-electron chi connectivity index (χ1n) is 4.04. The summed E-state index contributed by atoms with van der Waals surface area (Å²) in [6.45, 7) is 10.1. The van der Waals surface area contributed by atoms with Gasteiger partial charge in [-0.25, -0.2) is 0 Å². The summed E-state index contributed by atoms with van der Waals surface area (Å²) in [5.74, 6) is 0. The molecule has 0 bridgehead atoms. The zero-order chi connectivity index (χ0) is 9.28. The van der Waals surface area contributed by atoms with Crippen LogP contribution in [0.25, 0.3) is 0 Å². The molecular formula is C9H21O2+. The van der Waals surface area contributed by atoms with Gasteiger partial charge in [-0.2, -0.15) is 0 Å². The lowest BCUT2D eigenvalue weighted by atomic mass is 9.73. The van der Waals surface area contributed by atoms with E-state index in [1.54, 1.807) is 0 Å². The molecule has 3 N–H and O–H groups in total. The third kappa shape index (κ3) is 2.80.